The van der Waals surface area contributed by atoms with Gasteiger partial charge in [-0.25, -0.2) is 9.37 Å². The predicted octanol–water partition coefficient (Wildman–Crippen LogP) is 5.64. The number of pyridine rings is 3. The smallest absolute Gasteiger partial charge is 0.261 e. The molecule has 0 bridgehead atoms. The molecule has 1 amide bonds. The lowest BCUT2D eigenvalue weighted by atomic mass is 10.1. The molecule has 3 aromatic heterocycles. The highest BCUT2D eigenvalue weighted by atomic mass is 79.9. The van der Waals surface area contributed by atoms with Crippen LogP contribution in [0.1, 0.15) is 10.4 Å². The van der Waals surface area contributed by atoms with Crippen LogP contribution >= 0.6 is 15.9 Å². The van der Waals surface area contributed by atoms with Crippen molar-refractivity contribution in [3.8, 4) is 28.5 Å². The third-order valence-electron chi connectivity index (χ3n) is 7.09. The maximum Gasteiger partial charge on any atom is 0.261 e. The molecule has 224 valence electrons. The fourth-order valence-electron chi connectivity index (χ4n) is 4.79. The Balaban J connectivity index is 1.15. The van der Waals surface area contributed by atoms with Gasteiger partial charge in [0.05, 0.1) is 24.1 Å². The van der Waals surface area contributed by atoms with Crippen molar-refractivity contribution >= 4 is 38.4 Å². The van der Waals surface area contributed by atoms with Crippen LogP contribution in [0.4, 0.5) is 10.1 Å². The number of rotatable bonds is 9. The lowest BCUT2D eigenvalue weighted by Crippen LogP contribution is -2.38. The van der Waals surface area contributed by atoms with E-state index in [1.54, 1.807) is 42.7 Å². The van der Waals surface area contributed by atoms with Gasteiger partial charge in [-0.05, 0) is 39.7 Å². The van der Waals surface area contributed by atoms with Crippen molar-refractivity contribution in [2.24, 2.45) is 0 Å². The van der Waals surface area contributed by atoms with Gasteiger partial charge >= 0.3 is 0 Å². The maximum absolute atomic E-state index is 15.2. The minimum Gasteiger partial charge on any atom is -0.475 e. The lowest BCUT2D eigenvalue weighted by molar-refractivity contribution is 0.0319. The van der Waals surface area contributed by atoms with E-state index in [1.807, 2.05) is 6.07 Å². The van der Waals surface area contributed by atoms with E-state index in [0.29, 0.717) is 58.0 Å². The molecule has 6 rings (SSSR count). The number of hydrogen-bond acceptors (Lipinski definition) is 8. The number of carbonyl (C=O) groups excluding carboxylic acids is 1. The van der Waals surface area contributed by atoms with E-state index in [-0.39, 0.29) is 17.0 Å². The van der Waals surface area contributed by atoms with Gasteiger partial charge < -0.3 is 24.5 Å². The number of carbonyl (C=O) groups is 1. The Kier molecular flexibility index (Phi) is 8.91. The molecule has 4 heterocycles. The standard InChI is InChI=1S/C32H27BrFN5O5/c33-28-29-23(19-37-32(28)43-15-12-39-10-13-42-14-11-39)26(8-9-36-29)44-27-7-6-21(16-25(27)34)38-31(41)24-18-35-17-22(30(24)40)20-4-2-1-3-5-20/h1-9,16-19H,10-15H2,(H,35,40)(H,38,41). The Morgan fingerprint density at radius 2 is 1.89 bits per heavy atom. The van der Waals surface area contributed by atoms with Crippen molar-refractivity contribution in [1.29, 1.82) is 0 Å². The van der Waals surface area contributed by atoms with Crippen molar-refractivity contribution in [2.45, 2.75) is 0 Å². The van der Waals surface area contributed by atoms with Gasteiger partial charge in [0.2, 0.25) is 11.3 Å². The minimum atomic E-state index is -0.713. The van der Waals surface area contributed by atoms with Gasteiger partial charge in [0.1, 0.15) is 22.4 Å². The normalized spacial score (nSPS) is 13.5. The second kappa shape index (κ2) is 13.3. The van der Waals surface area contributed by atoms with Crippen LogP contribution in [0.3, 0.4) is 0 Å². The van der Waals surface area contributed by atoms with Crippen LogP contribution in [-0.4, -0.2) is 65.2 Å². The first-order chi connectivity index (χ1) is 21.5. The molecule has 0 aliphatic carbocycles. The van der Waals surface area contributed by atoms with Crippen molar-refractivity contribution in [3.05, 3.63) is 105 Å². The molecule has 12 heteroatoms. The van der Waals surface area contributed by atoms with E-state index >= 15 is 4.39 Å². The summed E-state index contributed by atoms with van der Waals surface area (Å²) < 4.78 is 32.9. The van der Waals surface area contributed by atoms with E-state index in [0.717, 1.165) is 25.7 Å². The third-order valence-corrected chi connectivity index (χ3v) is 7.81. The number of aromatic nitrogens is 3. The molecule has 0 spiro atoms. The zero-order chi connectivity index (χ0) is 30.5. The predicted molar refractivity (Wildman–Crippen MR) is 167 cm³/mol. The van der Waals surface area contributed by atoms with Gasteiger partial charge in [0, 0.05) is 61.7 Å². The summed E-state index contributed by atoms with van der Waals surface area (Å²) in [5, 5.41) is 3.14. The fourth-order valence-corrected chi connectivity index (χ4v) is 5.32. The fraction of sp³-hybridized carbons (Fsp3) is 0.188. The van der Waals surface area contributed by atoms with Gasteiger partial charge in [-0.3, -0.25) is 19.5 Å². The molecule has 2 N–H and O–H groups in total. The highest BCUT2D eigenvalue weighted by Gasteiger charge is 2.18. The molecule has 0 unspecified atom stereocenters. The number of nitrogens with zero attached hydrogens (tertiary/aromatic N) is 3. The molecular formula is C32H27BrFN5O5. The van der Waals surface area contributed by atoms with Crippen LogP contribution < -0.4 is 20.2 Å². The van der Waals surface area contributed by atoms with Gasteiger partial charge in [-0.2, -0.15) is 0 Å². The average Bonchev–Trinajstić information content (AvgIpc) is 3.04. The number of fused-ring (bicyclic) bond motifs is 1. The quantitative estimate of drug-likeness (QED) is 0.209. The number of amides is 1. The molecule has 44 heavy (non-hydrogen) atoms. The number of halogens is 2. The Morgan fingerprint density at radius 3 is 2.68 bits per heavy atom. The first kappa shape index (κ1) is 29.4. The first-order valence-electron chi connectivity index (χ1n) is 13.9. The molecule has 0 atom stereocenters. The zero-order valence-corrected chi connectivity index (χ0v) is 25.0. The summed E-state index contributed by atoms with van der Waals surface area (Å²) in [6.45, 7) is 4.36. The maximum atomic E-state index is 15.2. The summed E-state index contributed by atoms with van der Waals surface area (Å²) in [6.07, 6.45) is 5.98. The molecule has 1 fully saturated rings. The Morgan fingerprint density at radius 1 is 1.07 bits per heavy atom. The van der Waals surface area contributed by atoms with Crippen molar-refractivity contribution in [2.75, 3.05) is 44.8 Å². The van der Waals surface area contributed by atoms with E-state index in [1.165, 1.54) is 24.5 Å². The van der Waals surface area contributed by atoms with Crippen LogP contribution in [0.25, 0.3) is 22.0 Å². The van der Waals surface area contributed by atoms with Gasteiger partial charge in [-0.15, -0.1) is 0 Å². The number of benzene rings is 2. The topological polar surface area (TPSA) is 119 Å². The van der Waals surface area contributed by atoms with Crippen LogP contribution in [0.2, 0.25) is 0 Å². The Bertz CT molecular complexity index is 1860. The number of morpholine rings is 1. The van der Waals surface area contributed by atoms with Gasteiger partial charge in [0.25, 0.3) is 5.91 Å². The zero-order valence-electron chi connectivity index (χ0n) is 23.4. The highest BCUT2D eigenvalue weighted by molar-refractivity contribution is 9.10. The summed E-state index contributed by atoms with van der Waals surface area (Å²) in [4.78, 5) is 39.9. The summed E-state index contributed by atoms with van der Waals surface area (Å²) in [5.74, 6) is -0.717. The molecule has 5 aromatic rings. The molecule has 2 aromatic carbocycles. The van der Waals surface area contributed by atoms with E-state index in [9.17, 15) is 9.59 Å². The van der Waals surface area contributed by atoms with Crippen molar-refractivity contribution < 1.29 is 23.4 Å². The van der Waals surface area contributed by atoms with Gasteiger partial charge in [0.15, 0.2) is 11.6 Å². The molecule has 0 saturated carbocycles. The number of hydrogen-bond donors (Lipinski definition) is 2. The number of aromatic amines is 1. The van der Waals surface area contributed by atoms with E-state index in [2.05, 4.69) is 41.1 Å². The summed E-state index contributed by atoms with van der Waals surface area (Å²) in [5.41, 5.74) is 1.19. The number of nitrogens with one attached hydrogen (secondary N) is 2. The monoisotopic (exact) mass is 659 g/mol. The first-order valence-corrected chi connectivity index (χ1v) is 14.7. The number of anilines is 1. The largest absolute Gasteiger partial charge is 0.475 e. The molecule has 1 aliphatic heterocycles. The number of ether oxygens (including phenoxy) is 3. The minimum absolute atomic E-state index is 0.0682. The van der Waals surface area contributed by atoms with E-state index in [4.69, 9.17) is 14.2 Å². The summed E-state index contributed by atoms with van der Waals surface area (Å²) >= 11 is 3.54. The third kappa shape index (κ3) is 6.47. The molecule has 10 nitrogen and oxygen atoms in total. The summed E-state index contributed by atoms with van der Waals surface area (Å²) in [6, 6.07) is 14.6. The van der Waals surface area contributed by atoms with Gasteiger partial charge in [-0.1, -0.05) is 30.3 Å². The molecule has 0 radical (unpaired) electrons. The van der Waals surface area contributed by atoms with Crippen molar-refractivity contribution in [1.82, 2.24) is 19.9 Å². The Labute approximate surface area is 259 Å². The number of H-pyrrole nitrogens is 1. The van der Waals surface area contributed by atoms with Crippen LogP contribution in [0, 0.1) is 5.82 Å². The van der Waals surface area contributed by atoms with Crippen molar-refractivity contribution in [3.63, 3.8) is 0 Å². The second-order valence-corrected chi connectivity index (χ2v) is 10.7. The van der Waals surface area contributed by atoms with Crippen LogP contribution in [-0.2, 0) is 4.74 Å². The molecule has 1 saturated heterocycles. The highest BCUT2D eigenvalue weighted by Crippen LogP contribution is 2.36. The Hall–Kier alpha value is -4.65. The molecular weight excluding hydrogens is 633 g/mol. The second-order valence-electron chi connectivity index (χ2n) is 9.93. The average molecular weight is 661 g/mol. The summed E-state index contributed by atoms with van der Waals surface area (Å²) in [7, 11) is 0. The van der Waals surface area contributed by atoms with Crippen LogP contribution in [0.5, 0.6) is 17.4 Å². The van der Waals surface area contributed by atoms with E-state index < -0.39 is 17.2 Å². The SMILES string of the molecule is O=C(Nc1ccc(Oc2ccnc3c(Br)c(OCCN4CCOCC4)ncc23)c(F)c1)c1c[nH]cc(-c2ccccc2)c1=O. The van der Waals surface area contributed by atoms with Crippen LogP contribution in [0.15, 0.2) is 88.7 Å². The lowest BCUT2D eigenvalue weighted by Gasteiger charge is -2.26. The molecule has 1 aliphatic rings.